The van der Waals surface area contributed by atoms with Crippen LogP contribution in [0.1, 0.15) is 5.56 Å². The van der Waals surface area contributed by atoms with Crippen molar-refractivity contribution >= 4 is 11.5 Å². The first-order valence-corrected chi connectivity index (χ1v) is 7.49. The van der Waals surface area contributed by atoms with E-state index in [9.17, 15) is 4.39 Å². The van der Waals surface area contributed by atoms with Crippen molar-refractivity contribution in [3.05, 3.63) is 60.2 Å². The fourth-order valence-corrected chi connectivity index (χ4v) is 2.41. The van der Waals surface area contributed by atoms with Crippen LogP contribution >= 0.6 is 0 Å². The summed E-state index contributed by atoms with van der Waals surface area (Å²) < 4.78 is 14.7. The molecule has 0 saturated heterocycles. The van der Waals surface area contributed by atoms with E-state index in [1.165, 1.54) is 12.1 Å². The van der Waals surface area contributed by atoms with Crippen molar-refractivity contribution in [1.82, 2.24) is 30.0 Å². The minimum absolute atomic E-state index is 0.290. The number of aromatic nitrogens is 6. The van der Waals surface area contributed by atoms with E-state index in [0.29, 0.717) is 17.3 Å². The molecule has 0 atom stereocenters. The lowest BCUT2D eigenvalue weighted by molar-refractivity contribution is 0.628. The van der Waals surface area contributed by atoms with Gasteiger partial charge in [-0.1, -0.05) is 0 Å². The second kappa shape index (κ2) is 6.07. The van der Waals surface area contributed by atoms with Gasteiger partial charge in [-0.3, -0.25) is 5.10 Å². The summed E-state index contributed by atoms with van der Waals surface area (Å²) in [7, 11) is 0. The van der Waals surface area contributed by atoms with E-state index < -0.39 is 0 Å². The average molecular weight is 323 g/mol. The molecule has 24 heavy (non-hydrogen) atoms. The highest BCUT2D eigenvalue weighted by Gasteiger charge is 2.10. The van der Waals surface area contributed by atoms with Gasteiger partial charge in [-0.05, 0) is 48.4 Å². The standard InChI is InChI=1S/C16H14FN7/c17-13-3-1-12(2-4-13)16-22-21-15-6-5-14(23-24(15)16)18-8-7-11-9-19-20-10-11/h1-6,9-10H,7-8H2,(H,18,23)(H,19,20). The number of benzene rings is 1. The van der Waals surface area contributed by atoms with Crippen LogP contribution in [-0.2, 0) is 6.42 Å². The van der Waals surface area contributed by atoms with Crippen LogP contribution in [-0.4, -0.2) is 36.6 Å². The van der Waals surface area contributed by atoms with Crippen LogP contribution in [0.4, 0.5) is 10.2 Å². The van der Waals surface area contributed by atoms with Crippen LogP contribution in [0.15, 0.2) is 48.8 Å². The molecular formula is C16H14FN7. The fourth-order valence-electron chi connectivity index (χ4n) is 2.41. The predicted octanol–water partition coefficient (Wildman–Crippen LogP) is 2.31. The van der Waals surface area contributed by atoms with E-state index in [1.54, 1.807) is 22.8 Å². The summed E-state index contributed by atoms with van der Waals surface area (Å²) in [6.07, 6.45) is 4.50. The number of halogens is 1. The molecule has 0 saturated carbocycles. The monoisotopic (exact) mass is 323 g/mol. The first kappa shape index (κ1) is 14.3. The van der Waals surface area contributed by atoms with Crippen LogP contribution in [0.25, 0.3) is 17.0 Å². The molecular weight excluding hydrogens is 309 g/mol. The molecule has 8 heteroatoms. The Morgan fingerprint density at radius 2 is 1.96 bits per heavy atom. The summed E-state index contributed by atoms with van der Waals surface area (Å²) in [5, 5.41) is 22.7. The van der Waals surface area contributed by atoms with Crippen molar-refractivity contribution < 1.29 is 4.39 Å². The Morgan fingerprint density at radius 1 is 1.08 bits per heavy atom. The zero-order valence-corrected chi connectivity index (χ0v) is 12.6. The third-order valence-electron chi connectivity index (χ3n) is 3.64. The molecule has 7 nitrogen and oxygen atoms in total. The molecule has 120 valence electrons. The maximum atomic E-state index is 13.1. The lowest BCUT2D eigenvalue weighted by Gasteiger charge is -2.05. The van der Waals surface area contributed by atoms with Crippen molar-refractivity contribution in [1.29, 1.82) is 0 Å². The van der Waals surface area contributed by atoms with E-state index in [2.05, 4.69) is 30.8 Å². The van der Waals surface area contributed by atoms with Crippen LogP contribution in [0.3, 0.4) is 0 Å². The smallest absolute Gasteiger partial charge is 0.185 e. The Morgan fingerprint density at radius 3 is 2.75 bits per heavy atom. The number of H-pyrrole nitrogens is 1. The quantitative estimate of drug-likeness (QED) is 0.589. The molecule has 2 N–H and O–H groups in total. The van der Waals surface area contributed by atoms with Crippen LogP contribution < -0.4 is 5.32 Å². The van der Waals surface area contributed by atoms with Gasteiger partial charge in [-0.2, -0.15) is 9.61 Å². The van der Waals surface area contributed by atoms with Gasteiger partial charge in [-0.15, -0.1) is 15.3 Å². The van der Waals surface area contributed by atoms with Crippen LogP contribution in [0, 0.1) is 5.82 Å². The SMILES string of the molecule is Fc1ccc(-c2nnc3ccc(NCCc4cn[nH]c4)nn23)cc1. The van der Waals surface area contributed by atoms with Crippen LogP contribution in [0.5, 0.6) is 0 Å². The number of hydrogen-bond acceptors (Lipinski definition) is 5. The molecule has 4 rings (SSSR count). The third kappa shape index (κ3) is 2.81. The number of nitrogens with one attached hydrogen (secondary N) is 2. The Labute approximate surface area is 136 Å². The molecule has 1 aromatic carbocycles. The molecule has 4 aromatic rings. The highest BCUT2D eigenvalue weighted by molar-refractivity contribution is 5.59. The Hall–Kier alpha value is -3.29. The zero-order chi connectivity index (χ0) is 16.4. The number of rotatable bonds is 5. The molecule has 0 aliphatic heterocycles. The second-order valence-corrected chi connectivity index (χ2v) is 5.30. The van der Waals surface area contributed by atoms with Crippen molar-refractivity contribution in [2.45, 2.75) is 6.42 Å². The van der Waals surface area contributed by atoms with Crippen molar-refractivity contribution in [3.8, 4) is 11.4 Å². The normalized spacial score (nSPS) is 11.0. The van der Waals surface area contributed by atoms with Gasteiger partial charge in [0, 0.05) is 18.3 Å². The Balaban J connectivity index is 1.57. The number of aromatic amines is 1. The molecule has 0 aliphatic carbocycles. The first-order chi connectivity index (χ1) is 11.8. The minimum Gasteiger partial charge on any atom is -0.368 e. The van der Waals surface area contributed by atoms with Crippen molar-refractivity contribution in [3.63, 3.8) is 0 Å². The number of anilines is 1. The van der Waals surface area contributed by atoms with E-state index >= 15 is 0 Å². The molecule has 0 spiro atoms. The molecule has 0 fully saturated rings. The van der Waals surface area contributed by atoms with Gasteiger partial charge in [0.1, 0.15) is 11.6 Å². The number of nitrogens with zero attached hydrogens (tertiary/aromatic N) is 5. The summed E-state index contributed by atoms with van der Waals surface area (Å²) in [6, 6.07) is 9.80. The Bertz CT molecular complexity index is 944. The summed E-state index contributed by atoms with van der Waals surface area (Å²) in [5.74, 6) is 1.000. The van der Waals surface area contributed by atoms with Gasteiger partial charge in [0.05, 0.1) is 6.20 Å². The number of fused-ring (bicyclic) bond motifs is 1. The minimum atomic E-state index is -0.290. The first-order valence-electron chi connectivity index (χ1n) is 7.49. The lowest BCUT2D eigenvalue weighted by atomic mass is 10.2. The topological polar surface area (TPSA) is 83.8 Å². The predicted molar refractivity (Wildman–Crippen MR) is 87.0 cm³/mol. The Kier molecular flexibility index (Phi) is 3.62. The molecule has 0 bridgehead atoms. The molecule has 3 heterocycles. The maximum absolute atomic E-state index is 13.1. The molecule has 3 aromatic heterocycles. The molecule has 0 amide bonds. The van der Waals surface area contributed by atoms with Gasteiger partial charge in [0.25, 0.3) is 0 Å². The summed E-state index contributed by atoms with van der Waals surface area (Å²) >= 11 is 0. The van der Waals surface area contributed by atoms with E-state index in [-0.39, 0.29) is 5.82 Å². The van der Waals surface area contributed by atoms with Crippen molar-refractivity contribution in [2.75, 3.05) is 11.9 Å². The van der Waals surface area contributed by atoms with Gasteiger partial charge in [0.15, 0.2) is 11.5 Å². The van der Waals surface area contributed by atoms with Gasteiger partial charge < -0.3 is 5.32 Å². The van der Waals surface area contributed by atoms with Crippen molar-refractivity contribution in [2.24, 2.45) is 0 Å². The second-order valence-electron chi connectivity index (χ2n) is 5.30. The molecule has 0 radical (unpaired) electrons. The molecule has 0 aliphatic rings. The van der Waals surface area contributed by atoms with Gasteiger partial charge in [0.2, 0.25) is 0 Å². The fraction of sp³-hybridized carbons (Fsp3) is 0.125. The van der Waals surface area contributed by atoms with E-state index in [0.717, 1.165) is 24.1 Å². The molecule has 0 unspecified atom stereocenters. The number of hydrogen-bond donors (Lipinski definition) is 2. The van der Waals surface area contributed by atoms with Crippen LogP contribution in [0.2, 0.25) is 0 Å². The average Bonchev–Trinajstić information content (AvgIpc) is 3.25. The van der Waals surface area contributed by atoms with Gasteiger partial charge >= 0.3 is 0 Å². The van der Waals surface area contributed by atoms with E-state index in [4.69, 9.17) is 0 Å². The van der Waals surface area contributed by atoms with Gasteiger partial charge in [-0.25, -0.2) is 4.39 Å². The highest BCUT2D eigenvalue weighted by atomic mass is 19.1. The summed E-state index contributed by atoms with van der Waals surface area (Å²) in [5.41, 5.74) is 2.52. The summed E-state index contributed by atoms with van der Waals surface area (Å²) in [6.45, 7) is 0.728. The third-order valence-corrected chi connectivity index (χ3v) is 3.64. The maximum Gasteiger partial charge on any atom is 0.185 e. The lowest BCUT2D eigenvalue weighted by Crippen LogP contribution is -2.08. The largest absolute Gasteiger partial charge is 0.368 e. The van der Waals surface area contributed by atoms with E-state index in [1.807, 2.05) is 18.3 Å². The zero-order valence-electron chi connectivity index (χ0n) is 12.6. The summed E-state index contributed by atoms with van der Waals surface area (Å²) in [4.78, 5) is 0. The highest BCUT2D eigenvalue weighted by Crippen LogP contribution is 2.18.